The lowest BCUT2D eigenvalue weighted by Crippen LogP contribution is -2.12. The van der Waals surface area contributed by atoms with Crippen molar-refractivity contribution in [3.05, 3.63) is 46.6 Å². The minimum Gasteiger partial charge on any atom is -0.423 e. The Morgan fingerprint density at radius 3 is 3.11 bits per heavy atom. The van der Waals surface area contributed by atoms with Gasteiger partial charge in [-0.1, -0.05) is 23.7 Å². The third kappa shape index (κ3) is 2.54. The zero-order valence-electron chi connectivity index (χ0n) is 9.90. The van der Waals surface area contributed by atoms with E-state index >= 15 is 0 Å². The SMILES string of the molecule is Clc1cccc(Cc2nnc(C3CCCN3)o2)c1. The zero-order valence-corrected chi connectivity index (χ0v) is 10.7. The largest absolute Gasteiger partial charge is 0.423 e. The molecule has 3 rings (SSSR count). The van der Waals surface area contributed by atoms with E-state index in [0.29, 0.717) is 18.2 Å². The molecule has 1 saturated heterocycles. The van der Waals surface area contributed by atoms with Crippen molar-refractivity contribution >= 4 is 11.6 Å². The summed E-state index contributed by atoms with van der Waals surface area (Å²) in [5.74, 6) is 1.34. The van der Waals surface area contributed by atoms with Crippen LogP contribution in [0.1, 0.15) is 36.2 Å². The van der Waals surface area contributed by atoms with Gasteiger partial charge in [0.1, 0.15) is 0 Å². The summed E-state index contributed by atoms with van der Waals surface area (Å²) in [5.41, 5.74) is 1.08. The Morgan fingerprint density at radius 2 is 2.33 bits per heavy atom. The standard InChI is InChI=1S/C13H14ClN3O/c14-10-4-1-3-9(7-10)8-12-16-17-13(18-12)11-5-2-6-15-11/h1,3-4,7,11,15H,2,5-6,8H2. The topological polar surface area (TPSA) is 51.0 Å². The number of nitrogens with zero attached hydrogens (tertiary/aromatic N) is 2. The molecule has 1 aliphatic rings. The van der Waals surface area contributed by atoms with E-state index in [2.05, 4.69) is 15.5 Å². The van der Waals surface area contributed by atoms with Crippen LogP contribution in [-0.4, -0.2) is 16.7 Å². The van der Waals surface area contributed by atoms with Gasteiger partial charge in [-0.15, -0.1) is 10.2 Å². The van der Waals surface area contributed by atoms with Crippen LogP contribution in [-0.2, 0) is 6.42 Å². The van der Waals surface area contributed by atoms with Gasteiger partial charge in [0.05, 0.1) is 12.5 Å². The van der Waals surface area contributed by atoms with Crippen LogP contribution in [0.25, 0.3) is 0 Å². The fourth-order valence-electron chi connectivity index (χ4n) is 2.20. The molecular weight excluding hydrogens is 250 g/mol. The van der Waals surface area contributed by atoms with Crippen LogP contribution in [0.2, 0.25) is 5.02 Å². The van der Waals surface area contributed by atoms with Gasteiger partial charge in [0.2, 0.25) is 11.8 Å². The first kappa shape index (κ1) is 11.7. The van der Waals surface area contributed by atoms with Gasteiger partial charge >= 0.3 is 0 Å². The Balaban J connectivity index is 1.73. The predicted molar refractivity (Wildman–Crippen MR) is 68.5 cm³/mol. The molecule has 1 aromatic heterocycles. The van der Waals surface area contributed by atoms with E-state index in [1.54, 1.807) is 0 Å². The van der Waals surface area contributed by atoms with Gasteiger partial charge in [-0.05, 0) is 37.1 Å². The maximum Gasteiger partial charge on any atom is 0.233 e. The molecule has 1 aliphatic heterocycles. The molecule has 0 amide bonds. The highest BCUT2D eigenvalue weighted by atomic mass is 35.5. The van der Waals surface area contributed by atoms with E-state index in [1.165, 1.54) is 0 Å². The van der Waals surface area contributed by atoms with Crippen molar-refractivity contribution in [2.75, 3.05) is 6.54 Å². The van der Waals surface area contributed by atoms with E-state index in [4.69, 9.17) is 16.0 Å². The molecule has 0 radical (unpaired) electrons. The minimum atomic E-state index is 0.227. The highest BCUT2D eigenvalue weighted by molar-refractivity contribution is 6.30. The molecule has 0 aliphatic carbocycles. The second kappa shape index (κ2) is 5.08. The highest BCUT2D eigenvalue weighted by Gasteiger charge is 2.21. The smallest absolute Gasteiger partial charge is 0.233 e. The third-order valence-electron chi connectivity index (χ3n) is 3.09. The van der Waals surface area contributed by atoms with E-state index < -0.39 is 0 Å². The Kier molecular flexibility index (Phi) is 3.30. The second-order valence-corrected chi connectivity index (χ2v) is 4.93. The fraction of sp³-hybridized carbons (Fsp3) is 0.385. The van der Waals surface area contributed by atoms with Gasteiger partial charge in [-0.25, -0.2) is 0 Å². The Morgan fingerprint density at radius 1 is 1.39 bits per heavy atom. The molecule has 0 saturated carbocycles. The predicted octanol–water partition coefficient (Wildman–Crippen LogP) is 2.74. The summed E-state index contributed by atoms with van der Waals surface area (Å²) in [6.45, 7) is 1.02. The van der Waals surface area contributed by atoms with Crippen LogP contribution in [0.5, 0.6) is 0 Å². The molecule has 18 heavy (non-hydrogen) atoms. The maximum atomic E-state index is 5.94. The van der Waals surface area contributed by atoms with E-state index in [0.717, 1.165) is 30.0 Å². The van der Waals surface area contributed by atoms with Crippen LogP contribution in [0.3, 0.4) is 0 Å². The van der Waals surface area contributed by atoms with Gasteiger partial charge in [-0.3, -0.25) is 0 Å². The molecule has 1 unspecified atom stereocenters. The molecule has 4 nitrogen and oxygen atoms in total. The summed E-state index contributed by atoms with van der Waals surface area (Å²) in [7, 11) is 0. The molecular formula is C13H14ClN3O. The number of rotatable bonds is 3. The summed E-state index contributed by atoms with van der Waals surface area (Å²) in [6, 6.07) is 7.92. The van der Waals surface area contributed by atoms with Gasteiger partial charge < -0.3 is 9.73 Å². The van der Waals surface area contributed by atoms with Crippen molar-refractivity contribution in [2.45, 2.75) is 25.3 Å². The van der Waals surface area contributed by atoms with Crippen molar-refractivity contribution in [2.24, 2.45) is 0 Å². The quantitative estimate of drug-likeness (QED) is 0.925. The zero-order chi connectivity index (χ0) is 12.4. The molecule has 0 spiro atoms. The van der Waals surface area contributed by atoms with E-state index in [9.17, 15) is 0 Å². The first-order valence-electron chi connectivity index (χ1n) is 6.11. The number of hydrogen-bond acceptors (Lipinski definition) is 4. The number of halogens is 1. The average molecular weight is 264 g/mol. The van der Waals surface area contributed by atoms with Crippen molar-refractivity contribution in [1.82, 2.24) is 15.5 Å². The maximum absolute atomic E-state index is 5.94. The molecule has 2 aromatic rings. The summed E-state index contributed by atoms with van der Waals surface area (Å²) in [5, 5.41) is 12.3. The van der Waals surface area contributed by atoms with Crippen LogP contribution in [0.4, 0.5) is 0 Å². The molecule has 94 valence electrons. The van der Waals surface area contributed by atoms with Gasteiger partial charge in [0.15, 0.2) is 0 Å². The first-order chi connectivity index (χ1) is 8.81. The van der Waals surface area contributed by atoms with Crippen molar-refractivity contribution in [3.8, 4) is 0 Å². The van der Waals surface area contributed by atoms with Crippen molar-refractivity contribution in [1.29, 1.82) is 0 Å². The molecule has 1 aromatic carbocycles. The first-order valence-corrected chi connectivity index (χ1v) is 6.49. The minimum absolute atomic E-state index is 0.227. The molecule has 0 bridgehead atoms. The summed E-state index contributed by atoms with van der Waals surface area (Å²) >= 11 is 5.94. The average Bonchev–Trinajstić information content (AvgIpc) is 2.98. The summed E-state index contributed by atoms with van der Waals surface area (Å²) < 4.78 is 5.68. The van der Waals surface area contributed by atoms with Crippen molar-refractivity contribution in [3.63, 3.8) is 0 Å². The number of benzene rings is 1. The number of hydrogen-bond donors (Lipinski definition) is 1. The van der Waals surface area contributed by atoms with E-state index in [-0.39, 0.29) is 6.04 Å². The van der Waals surface area contributed by atoms with Crippen LogP contribution < -0.4 is 5.32 Å². The van der Waals surface area contributed by atoms with Gasteiger partial charge in [0.25, 0.3) is 0 Å². The highest BCUT2D eigenvalue weighted by Crippen LogP contribution is 2.22. The van der Waals surface area contributed by atoms with Gasteiger partial charge in [-0.2, -0.15) is 0 Å². The Labute approximate surface area is 110 Å². The number of nitrogens with one attached hydrogen (secondary N) is 1. The Hall–Kier alpha value is -1.39. The van der Waals surface area contributed by atoms with Gasteiger partial charge in [0, 0.05) is 5.02 Å². The van der Waals surface area contributed by atoms with Crippen molar-refractivity contribution < 1.29 is 4.42 Å². The lowest BCUT2D eigenvalue weighted by Gasteiger charge is -2.02. The van der Waals surface area contributed by atoms with Crippen LogP contribution in [0, 0.1) is 0 Å². The normalized spacial score (nSPS) is 19.3. The molecule has 1 N–H and O–H groups in total. The molecule has 2 heterocycles. The fourth-order valence-corrected chi connectivity index (χ4v) is 2.41. The second-order valence-electron chi connectivity index (χ2n) is 4.49. The Bertz CT molecular complexity index is 535. The van der Waals surface area contributed by atoms with Crippen LogP contribution in [0.15, 0.2) is 28.7 Å². The lowest BCUT2D eigenvalue weighted by atomic mass is 10.1. The third-order valence-corrected chi connectivity index (χ3v) is 3.32. The van der Waals surface area contributed by atoms with E-state index in [1.807, 2.05) is 24.3 Å². The van der Waals surface area contributed by atoms with Crippen LogP contribution >= 0.6 is 11.6 Å². The summed E-state index contributed by atoms with van der Waals surface area (Å²) in [6.07, 6.45) is 2.86. The molecule has 5 heteroatoms. The monoisotopic (exact) mass is 263 g/mol. The molecule has 1 atom stereocenters. The summed E-state index contributed by atoms with van der Waals surface area (Å²) in [4.78, 5) is 0. The molecule has 1 fully saturated rings. The lowest BCUT2D eigenvalue weighted by molar-refractivity contribution is 0.407. The number of aromatic nitrogens is 2.